The summed E-state index contributed by atoms with van der Waals surface area (Å²) in [5.41, 5.74) is 1.16. The maximum atomic E-state index is 5.87. The van der Waals surface area contributed by atoms with Crippen molar-refractivity contribution in [2.24, 2.45) is 7.05 Å². The fourth-order valence-electron chi connectivity index (χ4n) is 1.66. The lowest BCUT2D eigenvalue weighted by atomic mass is 10.2. The van der Waals surface area contributed by atoms with Crippen LogP contribution in [0.4, 0.5) is 11.9 Å². The molecule has 0 saturated heterocycles. The summed E-state index contributed by atoms with van der Waals surface area (Å²) in [6.45, 7) is 3.58. The molecule has 108 valence electrons. The highest BCUT2D eigenvalue weighted by Gasteiger charge is 2.04. The third-order valence-electron chi connectivity index (χ3n) is 2.60. The summed E-state index contributed by atoms with van der Waals surface area (Å²) in [7, 11) is 1.90. The van der Waals surface area contributed by atoms with Crippen LogP contribution in [0, 0.1) is 0 Å². The molecule has 0 radical (unpaired) electrons. The second kappa shape index (κ2) is 7.04. The number of aromatic nitrogens is 5. The molecule has 7 nitrogen and oxygen atoms in total. The Hall–Kier alpha value is -1.89. The smallest absolute Gasteiger partial charge is 0.228 e. The molecule has 2 aromatic rings. The zero-order chi connectivity index (χ0) is 14.4. The van der Waals surface area contributed by atoms with Crippen LogP contribution in [-0.4, -0.2) is 37.8 Å². The molecule has 0 saturated carbocycles. The van der Waals surface area contributed by atoms with Crippen molar-refractivity contribution >= 4 is 23.5 Å². The molecule has 0 spiro atoms. The van der Waals surface area contributed by atoms with Crippen molar-refractivity contribution in [1.82, 2.24) is 24.7 Å². The number of nitrogens with one attached hydrogen (secondary N) is 2. The predicted molar refractivity (Wildman–Crippen MR) is 79.0 cm³/mol. The van der Waals surface area contributed by atoms with E-state index < -0.39 is 0 Å². The van der Waals surface area contributed by atoms with Gasteiger partial charge in [-0.05, 0) is 30.0 Å². The molecule has 20 heavy (non-hydrogen) atoms. The van der Waals surface area contributed by atoms with Crippen molar-refractivity contribution < 1.29 is 0 Å². The van der Waals surface area contributed by atoms with Crippen LogP contribution in [0.1, 0.15) is 18.9 Å². The summed E-state index contributed by atoms with van der Waals surface area (Å²) < 4.78 is 1.78. The predicted octanol–water partition coefficient (Wildman–Crippen LogP) is 1.73. The summed E-state index contributed by atoms with van der Waals surface area (Å²) in [5.74, 6) is 0.975. The van der Waals surface area contributed by atoms with Gasteiger partial charge in [-0.25, -0.2) is 0 Å². The summed E-state index contributed by atoms with van der Waals surface area (Å²) in [6, 6.07) is 0. The van der Waals surface area contributed by atoms with E-state index in [1.54, 1.807) is 4.68 Å². The topological polar surface area (TPSA) is 80.5 Å². The molecule has 0 bridgehead atoms. The number of rotatable bonds is 7. The summed E-state index contributed by atoms with van der Waals surface area (Å²) in [6.07, 6.45) is 5.66. The van der Waals surface area contributed by atoms with Gasteiger partial charge < -0.3 is 10.6 Å². The van der Waals surface area contributed by atoms with E-state index >= 15 is 0 Å². The van der Waals surface area contributed by atoms with E-state index in [4.69, 9.17) is 11.6 Å². The van der Waals surface area contributed by atoms with Crippen molar-refractivity contribution in [3.8, 4) is 0 Å². The number of nitrogens with zero attached hydrogens (tertiary/aromatic N) is 5. The Bertz CT molecular complexity index is 554. The first kappa shape index (κ1) is 14.5. The first-order valence-corrected chi connectivity index (χ1v) is 6.92. The summed E-state index contributed by atoms with van der Waals surface area (Å²) >= 11 is 5.87. The fourth-order valence-corrected chi connectivity index (χ4v) is 1.82. The Kier molecular flexibility index (Phi) is 5.11. The van der Waals surface area contributed by atoms with Crippen molar-refractivity contribution in [3.63, 3.8) is 0 Å². The third kappa shape index (κ3) is 4.34. The Morgan fingerprint density at radius 2 is 1.85 bits per heavy atom. The third-order valence-corrected chi connectivity index (χ3v) is 2.77. The molecule has 0 fully saturated rings. The molecule has 0 atom stereocenters. The van der Waals surface area contributed by atoms with Crippen LogP contribution in [0.3, 0.4) is 0 Å². The van der Waals surface area contributed by atoms with Gasteiger partial charge in [0, 0.05) is 26.3 Å². The van der Waals surface area contributed by atoms with Crippen molar-refractivity contribution in [2.45, 2.75) is 19.8 Å². The highest BCUT2D eigenvalue weighted by atomic mass is 35.5. The van der Waals surface area contributed by atoms with E-state index in [1.165, 1.54) is 0 Å². The van der Waals surface area contributed by atoms with Gasteiger partial charge in [-0.15, -0.1) is 0 Å². The molecular weight excluding hydrogens is 278 g/mol. The molecule has 0 amide bonds. The van der Waals surface area contributed by atoms with Gasteiger partial charge in [0.2, 0.25) is 17.2 Å². The quantitative estimate of drug-likeness (QED) is 0.810. The molecular formula is C12H18ClN7. The van der Waals surface area contributed by atoms with Crippen LogP contribution in [0.15, 0.2) is 12.4 Å². The maximum absolute atomic E-state index is 5.87. The first-order valence-electron chi connectivity index (χ1n) is 6.54. The minimum absolute atomic E-state index is 0.183. The molecule has 8 heteroatoms. The average Bonchev–Trinajstić information content (AvgIpc) is 2.81. The lowest BCUT2D eigenvalue weighted by Crippen LogP contribution is -2.11. The van der Waals surface area contributed by atoms with Gasteiger partial charge in [-0.3, -0.25) is 4.68 Å². The standard InChI is InChI=1S/C12H18ClN7/c1-3-5-14-11-17-10(13)18-12(19-11)15-6-4-9-7-16-20(2)8-9/h7-8H,3-6H2,1-2H3,(H2,14,15,17,18,19). The first-order chi connectivity index (χ1) is 9.67. The van der Waals surface area contributed by atoms with Crippen LogP contribution in [0.25, 0.3) is 0 Å². The van der Waals surface area contributed by atoms with Gasteiger partial charge in [0.25, 0.3) is 0 Å². The van der Waals surface area contributed by atoms with Gasteiger partial charge in [-0.1, -0.05) is 6.92 Å². The molecule has 0 aliphatic heterocycles. The SMILES string of the molecule is CCCNc1nc(Cl)nc(NCCc2cnn(C)c2)n1. The van der Waals surface area contributed by atoms with Crippen LogP contribution in [0.2, 0.25) is 5.28 Å². The van der Waals surface area contributed by atoms with E-state index in [1.807, 2.05) is 19.4 Å². The Balaban J connectivity index is 1.89. The Morgan fingerprint density at radius 1 is 1.15 bits per heavy atom. The van der Waals surface area contributed by atoms with Gasteiger partial charge >= 0.3 is 0 Å². The fraction of sp³-hybridized carbons (Fsp3) is 0.500. The van der Waals surface area contributed by atoms with E-state index in [-0.39, 0.29) is 5.28 Å². The maximum Gasteiger partial charge on any atom is 0.228 e. The summed E-state index contributed by atoms with van der Waals surface area (Å²) in [4.78, 5) is 12.3. The summed E-state index contributed by atoms with van der Waals surface area (Å²) in [5, 5.41) is 10.5. The monoisotopic (exact) mass is 295 g/mol. The van der Waals surface area contributed by atoms with E-state index in [0.29, 0.717) is 18.4 Å². The van der Waals surface area contributed by atoms with Gasteiger partial charge in [0.1, 0.15) is 0 Å². The van der Waals surface area contributed by atoms with E-state index in [0.717, 1.165) is 24.9 Å². The number of anilines is 2. The largest absolute Gasteiger partial charge is 0.354 e. The van der Waals surface area contributed by atoms with Crippen molar-refractivity contribution in [2.75, 3.05) is 23.7 Å². The normalized spacial score (nSPS) is 10.6. The molecule has 2 N–H and O–H groups in total. The highest BCUT2D eigenvalue weighted by molar-refractivity contribution is 6.28. The Morgan fingerprint density at radius 3 is 2.45 bits per heavy atom. The highest BCUT2D eigenvalue weighted by Crippen LogP contribution is 2.09. The Labute approximate surface area is 122 Å². The molecule has 0 aliphatic carbocycles. The van der Waals surface area contributed by atoms with E-state index in [9.17, 15) is 0 Å². The molecule has 0 aromatic carbocycles. The lowest BCUT2D eigenvalue weighted by molar-refractivity contribution is 0.766. The van der Waals surface area contributed by atoms with Crippen LogP contribution in [0.5, 0.6) is 0 Å². The minimum Gasteiger partial charge on any atom is -0.354 e. The van der Waals surface area contributed by atoms with E-state index in [2.05, 4.69) is 37.6 Å². The number of hydrogen-bond acceptors (Lipinski definition) is 6. The molecule has 2 aromatic heterocycles. The van der Waals surface area contributed by atoms with Gasteiger partial charge in [-0.2, -0.15) is 20.1 Å². The average molecular weight is 296 g/mol. The molecule has 2 rings (SSSR count). The second-order valence-corrected chi connectivity index (χ2v) is 4.72. The van der Waals surface area contributed by atoms with Crippen molar-refractivity contribution in [1.29, 1.82) is 0 Å². The van der Waals surface area contributed by atoms with Crippen LogP contribution in [-0.2, 0) is 13.5 Å². The van der Waals surface area contributed by atoms with Crippen LogP contribution < -0.4 is 10.6 Å². The number of halogens is 1. The van der Waals surface area contributed by atoms with Crippen molar-refractivity contribution in [3.05, 3.63) is 23.2 Å². The molecule has 2 heterocycles. The van der Waals surface area contributed by atoms with Gasteiger partial charge in [0.05, 0.1) is 6.20 Å². The zero-order valence-electron chi connectivity index (χ0n) is 11.6. The molecule has 0 aliphatic rings. The lowest BCUT2D eigenvalue weighted by Gasteiger charge is -2.07. The number of aryl methyl sites for hydroxylation is 1. The number of hydrogen-bond donors (Lipinski definition) is 2. The van der Waals surface area contributed by atoms with Crippen LogP contribution >= 0.6 is 11.6 Å². The zero-order valence-corrected chi connectivity index (χ0v) is 12.4. The molecule has 0 unspecified atom stereocenters. The second-order valence-electron chi connectivity index (χ2n) is 4.38. The minimum atomic E-state index is 0.183. The van der Waals surface area contributed by atoms with Gasteiger partial charge in [0.15, 0.2) is 0 Å².